The summed E-state index contributed by atoms with van der Waals surface area (Å²) in [6.45, 7) is 1.27. The molecule has 0 radical (unpaired) electrons. The van der Waals surface area contributed by atoms with E-state index in [4.69, 9.17) is 16.3 Å². The summed E-state index contributed by atoms with van der Waals surface area (Å²) < 4.78 is 4.99. The normalized spacial score (nSPS) is 16.7. The molecule has 98 valence electrons. The van der Waals surface area contributed by atoms with Crippen LogP contribution in [0.1, 0.15) is 23.2 Å². The van der Waals surface area contributed by atoms with Gasteiger partial charge in [0.2, 0.25) is 0 Å². The minimum Gasteiger partial charge on any atom is -0.507 e. The molecule has 0 bridgehead atoms. The first-order chi connectivity index (χ1) is 8.61. The molecule has 0 aliphatic carbocycles. The molecule has 1 saturated heterocycles. The highest BCUT2D eigenvalue weighted by atomic mass is 35.5. The maximum Gasteiger partial charge on any atom is 0.257 e. The number of phenols is 1. The number of rotatable bonds is 2. The molecule has 4 nitrogen and oxygen atoms in total. The van der Waals surface area contributed by atoms with Crippen LogP contribution in [0.25, 0.3) is 0 Å². The Kier molecular flexibility index (Phi) is 3.97. The van der Waals surface area contributed by atoms with Crippen LogP contribution in [0.15, 0.2) is 18.2 Å². The van der Waals surface area contributed by atoms with E-state index in [1.54, 1.807) is 17.0 Å². The summed E-state index contributed by atoms with van der Waals surface area (Å²) in [5.41, 5.74) is 0.309. The molecule has 0 aromatic heterocycles. The number of ether oxygens (including phenoxy) is 1. The lowest BCUT2D eigenvalue weighted by atomic mass is 10.1. The third kappa shape index (κ3) is 2.70. The van der Waals surface area contributed by atoms with E-state index in [1.807, 2.05) is 0 Å². The van der Waals surface area contributed by atoms with Gasteiger partial charge in [0.05, 0.1) is 12.7 Å². The van der Waals surface area contributed by atoms with Gasteiger partial charge < -0.3 is 14.7 Å². The Morgan fingerprint density at radius 3 is 2.67 bits per heavy atom. The van der Waals surface area contributed by atoms with Crippen molar-refractivity contribution in [1.82, 2.24) is 4.90 Å². The van der Waals surface area contributed by atoms with Crippen LogP contribution in [0, 0.1) is 0 Å². The Morgan fingerprint density at radius 2 is 2.11 bits per heavy atom. The third-order valence-corrected chi connectivity index (χ3v) is 3.58. The van der Waals surface area contributed by atoms with E-state index in [0.29, 0.717) is 24.4 Å². The van der Waals surface area contributed by atoms with Gasteiger partial charge >= 0.3 is 0 Å². The number of amides is 1. The molecular weight excluding hydrogens is 254 g/mol. The van der Waals surface area contributed by atoms with Crippen LogP contribution in [0.2, 0.25) is 0 Å². The van der Waals surface area contributed by atoms with Crippen molar-refractivity contribution >= 4 is 17.5 Å². The lowest BCUT2D eigenvalue weighted by Crippen LogP contribution is -2.38. The summed E-state index contributed by atoms with van der Waals surface area (Å²) in [6, 6.07) is 4.70. The molecule has 0 saturated carbocycles. The number of halogens is 1. The fraction of sp³-hybridized carbons (Fsp3) is 0.462. The predicted molar refractivity (Wildman–Crippen MR) is 69.4 cm³/mol. The zero-order valence-electron chi connectivity index (χ0n) is 10.2. The first-order valence-corrected chi connectivity index (χ1v) is 6.36. The number of piperidine rings is 1. The van der Waals surface area contributed by atoms with E-state index in [9.17, 15) is 9.90 Å². The molecule has 0 atom stereocenters. The summed E-state index contributed by atoms with van der Waals surface area (Å²) in [7, 11) is 1.52. The smallest absolute Gasteiger partial charge is 0.257 e. The second-order valence-corrected chi connectivity index (χ2v) is 4.97. The van der Waals surface area contributed by atoms with Crippen molar-refractivity contribution < 1.29 is 14.6 Å². The maximum atomic E-state index is 12.2. The van der Waals surface area contributed by atoms with Crippen molar-refractivity contribution in [2.45, 2.75) is 18.2 Å². The maximum absolute atomic E-state index is 12.2. The molecule has 1 amide bonds. The lowest BCUT2D eigenvalue weighted by Gasteiger charge is -2.29. The molecule has 1 aromatic carbocycles. The van der Waals surface area contributed by atoms with E-state index in [0.717, 1.165) is 12.8 Å². The van der Waals surface area contributed by atoms with Crippen LogP contribution in [0.4, 0.5) is 0 Å². The molecule has 18 heavy (non-hydrogen) atoms. The number of benzene rings is 1. The van der Waals surface area contributed by atoms with Crippen LogP contribution in [-0.2, 0) is 0 Å². The average molecular weight is 270 g/mol. The molecule has 0 spiro atoms. The monoisotopic (exact) mass is 269 g/mol. The van der Waals surface area contributed by atoms with Gasteiger partial charge in [0, 0.05) is 24.5 Å². The van der Waals surface area contributed by atoms with Crippen molar-refractivity contribution in [3.63, 3.8) is 0 Å². The molecule has 1 heterocycles. The fourth-order valence-corrected chi connectivity index (χ4v) is 2.24. The lowest BCUT2D eigenvalue weighted by molar-refractivity contribution is 0.0723. The number of methoxy groups -OCH3 is 1. The third-order valence-electron chi connectivity index (χ3n) is 3.15. The number of hydrogen-bond acceptors (Lipinski definition) is 3. The van der Waals surface area contributed by atoms with E-state index < -0.39 is 0 Å². The number of aromatic hydroxyl groups is 1. The van der Waals surface area contributed by atoms with Gasteiger partial charge in [-0.25, -0.2) is 0 Å². The van der Waals surface area contributed by atoms with E-state index in [-0.39, 0.29) is 17.0 Å². The standard InChI is InChI=1S/C13H16ClNO3/c1-18-10-2-3-11(12(16)8-10)13(17)15-6-4-9(14)5-7-15/h2-3,8-9,16H,4-7H2,1H3. The highest BCUT2D eigenvalue weighted by Crippen LogP contribution is 2.26. The Hall–Kier alpha value is -1.42. The number of nitrogens with zero attached hydrogens (tertiary/aromatic N) is 1. The Bertz CT molecular complexity index is 442. The molecule has 2 rings (SSSR count). The van der Waals surface area contributed by atoms with Gasteiger partial charge in [0.15, 0.2) is 0 Å². The number of carbonyl (C=O) groups excluding carboxylic acids is 1. The number of carbonyl (C=O) groups is 1. The molecule has 1 N–H and O–H groups in total. The number of hydrogen-bond donors (Lipinski definition) is 1. The van der Waals surface area contributed by atoms with Gasteiger partial charge in [0.25, 0.3) is 5.91 Å². The van der Waals surface area contributed by atoms with Gasteiger partial charge in [-0.1, -0.05) is 0 Å². The van der Waals surface area contributed by atoms with Gasteiger partial charge in [-0.15, -0.1) is 11.6 Å². The van der Waals surface area contributed by atoms with Crippen LogP contribution in [0.5, 0.6) is 11.5 Å². The molecule has 5 heteroatoms. The van der Waals surface area contributed by atoms with Crippen LogP contribution >= 0.6 is 11.6 Å². The second-order valence-electron chi connectivity index (χ2n) is 4.35. The minimum absolute atomic E-state index is 0.0488. The first-order valence-electron chi connectivity index (χ1n) is 5.92. The number of phenolic OH excluding ortho intramolecular Hbond substituents is 1. The van der Waals surface area contributed by atoms with Crippen LogP contribution in [0.3, 0.4) is 0 Å². The van der Waals surface area contributed by atoms with Gasteiger partial charge in [0.1, 0.15) is 11.5 Å². The molecule has 1 aromatic rings. The van der Waals surface area contributed by atoms with Crippen molar-refractivity contribution in [1.29, 1.82) is 0 Å². The summed E-state index contributed by atoms with van der Waals surface area (Å²) in [6.07, 6.45) is 1.59. The van der Waals surface area contributed by atoms with Gasteiger partial charge in [-0.2, -0.15) is 0 Å². The quantitative estimate of drug-likeness (QED) is 0.838. The highest BCUT2D eigenvalue weighted by Gasteiger charge is 2.24. The Balaban J connectivity index is 2.13. The summed E-state index contributed by atoms with van der Waals surface area (Å²) in [5.74, 6) is 0.328. The second kappa shape index (κ2) is 5.48. The number of likely N-dealkylation sites (tertiary alicyclic amines) is 1. The molecule has 1 fully saturated rings. The first kappa shape index (κ1) is 13.0. The Labute approximate surface area is 111 Å². The summed E-state index contributed by atoms with van der Waals surface area (Å²) >= 11 is 6.00. The van der Waals surface area contributed by atoms with Gasteiger partial charge in [-0.3, -0.25) is 4.79 Å². The van der Waals surface area contributed by atoms with Crippen LogP contribution < -0.4 is 4.74 Å². The molecule has 1 aliphatic heterocycles. The summed E-state index contributed by atoms with van der Waals surface area (Å²) in [5, 5.41) is 9.97. The summed E-state index contributed by atoms with van der Waals surface area (Å²) in [4.78, 5) is 13.9. The van der Waals surface area contributed by atoms with Crippen molar-refractivity contribution in [3.8, 4) is 11.5 Å². The molecular formula is C13H16ClNO3. The fourth-order valence-electron chi connectivity index (χ4n) is 2.04. The van der Waals surface area contributed by atoms with Crippen LogP contribution in [-0.4, -0.2) is 41.5 Å². The largest absolute Gasteiger partial charge is 0.507 e. The number of alkyl halides is 1. The van der Waals surface area contributed by atoms with E-state index >= 15 is 0 Å². The molecule has 0 unspecified atom stereocenters. The average Bonchev–Trinajstić information content (AvgIpc) is 2.38. The van der Waals surface area contributed by atoms with Crippen molar-refractivity contribution in [2.24, 2.45) is 0 Å². The zero-order valence-corrected chi connectivity index (χ0v) is 11.0. The van der Waals surface area contributed by atoms with E-state index in [2.05, 4.69) is 0 Å². The minimum atomic E-state index is -0.154. The topological polar surface area (TPSA) is 49.8 Å². The SMILES string of the molecule is COc1ccc(C(=O)N2CCC(Cl)CC2)c(O)c1. The Morgan fingerprint density at radius 1 is 1.44 bits per heavy atom. The van der Waals surface area contributed by atoms with Gasteiger partial charge in [-0.05, 0) is 25.0 Å². The van der Waals surface area contributed by atoms with E-state index in [1.165, 1.54) is 13.2 Å². The highest BCUT2D eigenvalue weighted by molar-refractivity contribution is 6.20. The zero-order chi connectivity index (χ0) is 13.1. The van der Waals surface area contributed by atoms with Crippen molar-refractivity contribution in [2.75, 3.05) is 20.2 Å². The van der Waals surface area contributed by atoms with Crippen molar-refractivity contribution in [3.05, 3.63) is 23.8 Å². The predicted octanol–water partition coefficient (Wildman–Crippen LogP) is 2.24. The molecule has 1 aliphatic rings.